The van der Waals surface area contributed by atoms with E-state index in [1.54, 1.807) is 7.11 Å². The highest BCUT2D eigenvalue weighted by Crippen LogP contribution is 2.33. The molecule has 4 heteroatoms. The Morgan fingerprint density at radius 1 is 1.33 bits per heavy atom. The third kappa shape index (κ3) is 3.21. The lowest BCUT2D eigenvalue weighted by Crippen LogP contribution is -2.34. The van der Waals surface area contributed by atoms with Gasteiger partial charge in [-0.05, 0) is 18.4 Å². The fourth-order valence-corrected chi connectivity index (χ4v) is 2.78. The standard InChI is InChI=1S/C17H26N2O2/c1-5-12(3)11-19-16(18-14(6-2)17(19)20)13-9-7-8-10-15(13)21-4/h7-10,12,14,16,18H,5-6,11H2,1-4H3. The first-order valence-corrected chi connectivity index (χ1v) is 7.81. The summed E-state index contributed by atoms with van der Waals surface area (Å²) < 4.78 is 5.46. The lowest BCUT2D eigenvalue weighted by Gasteiger charge is -2.28. The zero-order chi connectivity index (χ0) is 15.4. The predicted molar refractivity (Wildman–Crippen MR) is 84.1 cm³/mol. The van der Waals surface area contributed by atoms with Gasteiger partial charge in [0.1, 0.15) is 11.9 Å². The monoisotopic (exact) mass is 290 g/mol. The second kappa shape index (κ2) is 6.94. The topological polar surface area (TPSA) is 41.6 Å². The molecule has 1 aliphatic heterocycles. The van der Waals surface area contributed by atoms with Gasteiger partial charge in [-0.2, -0.15) is 0 Å². The molecule has 3 unspecified atom stereocenters. The van der Waals surface area contributed by atoms with Gasteiger partial charge in [0.25, 0.3) is 0 Å². The maximum Gasteiger partial charge on any atom is 0.241 e. The molecule has 3 atom stereocenters. The molecule has 1 amide bonds. The molecule has 0 aromatic heterocycles. The van der Waals surface area contributed by atoms with Gasteiger partial charge in [-0.25, -0.2) is 0 Å². The maximum absolute atomic E-state index is 12.6. The number of ether oxygens (including phenoxy) is 1. The Labute approximate surface area is 127 Å². The summed E-state index contributed by atoms with van der Waals surface area (Å²) in [6.07, 6.45) is 1.79. The molecule has 1 heterocycles. The quantitative estimate of drug-likeness (QED) is 0.876. The Balaban J connectivity index is 2.32. The molecule has 2 rings (SSSR count). The number of carbonyl (C=O) groups is 1. The van der Waals surface area contributed by atoms with E-state index in [2.05, 4.69) is 19.2 Å². The molecule has 4 nitrogen and oxygen atoms in total. The van der Waals surface area contributed by atoms with Gasteiger partial charge in [0.2, 0.25) is 5.91 Å². The van der Waals surface area contributed by atoms with E-state index in [1.807, 2.05) is 36.1 Å². The molecule has 0 saturated carbocycles. The molecule has 116 valence electrons. The second-order valence-electron chi connectivity index (χ2n) is 5.78. The van der Waals surface area contributed by atoms with E-state index >= 15 is 0 Å². The fourth-order valence-electron chi connectivity index (χ4n) is 2.78. The summed E-state index contributed by atoms with van der Waals surface area (Å²) in [5, 5.41) is 3.46. The van der Waals surface area contributed by atoms with Crippen LogP contribution in [0.25, 0.3) is 0 Å². The highest BCUT2D eigenvalue weighted by molar-refractivity contribution is 5.84. The number of nitrogens with one attached hydrogen (secondary N) is 1. The number of hydrogen-bond donors (Lipinski definition) is 1. The number of amides is 1. The molecule has 1 aliphatic rings. The summed E-state index contributed by atoms with van der Waals surface area (Å²) in [6.45, 7) is 7.17. The van der Waals surface area contributed by atoms with Crippen LogP contribution in [0.5, 0.6) is 5.75 Å². The van der Waals surface area contributed by atoms with Crippen LogP contribution in [0.2, 0.25) is 0 Å². The van der Waals surface area contributed by atoms with E-state index in [9.17, 15) is 4.79 Å². The number of methoxy groups -OCH3 is 1. The third-order valence-corrected chi connectivity index (χ3v) is 4.30. The predicted octanol–water partition coefficient (Wildman–Crippen LogP) is 2.95. The van der Waals surface area contributed by atoms with E-state index in [4.69, 9.17) is 4.74 Å². The van der Waals surface area contributed by atoms with Crippen molar-refractivity contribution in [2.45, 2.75) is 45.8 Å². The number of carbonyl (C=O) groups excluding carboxylic acids is 1. The van der Waals surface area contributed by atoms with Crippen LogP contribution in [-0.2, 0) is 4.79 Å². The Kier molecular flexibility index (Phi) is 5.23. The molecular weight excluding hydrogens is 264 g/mol. The smallest absolute Gasteiger partial charge is 0.241 e. The van der Waals surface area contributed by atoms with Crippen LogP contribution in [-0.4, -0.2) is 30.5 Å². The first-order chi connectivity index (χ1) is 10.1. The average molecular weight is 290 g/mol. The lowest BCUT2D eigenvalue weighted by atomic mass is 10.1. The van der Waals surface area contributed by atoms with Gasteiger partial charge in [0.05, 0.1) is 13.2 Å². The summed E-state index contributed by atoms with van der Waals surface area (Å²) in [5.74, 6) is 1.52. The minimum absolute atomic E-state index is 0.0902. The number of nitrogens with zero attached hydrogens (tertiary/aromatic N) is 1. The van der Waals surface area contributed by atoms with Crippen molar-refractivity contribution in [1.82, 2.24) is 10.2 Å². The van der Waals surface area contributed by atoms with Gasteiger partial charge < -0.3 is 9.64 Å². The molecule has 1 N–H and O–H groups in total. The van der Waals surface area contributed by atoms with Crippen LogP contribution in [0.1, 0.15) is 45.3 Å². The second-order valence-corrected chi connectivity index (χ2v) is 5.78. The summed E-state index contributed by atoms with van der Waals surface area (Å²) in [5.41, 5.74) is 1.03. The van der Waals surface area contributed by atoms with Crippen molar-refractivity contribution >= 4 is 5.91 Å². The van der Waals surface area contributed by atoms with E-state index < -0.39 is 0 Å². The van der Waals surface area contributed by atoms with Crippen molar-refractivity contribution in [3.8, 4) is 5.75 Å². The van der Waals surface area contributed by atoms with E-state index in [-0.39, 0.29) is 18.1 Å². The third-order valence-electron chi connectivity index (χ3n) is 4.30. The highest BCUT2D eigenvalue weighted by Gasteiger charge is 2.39. The zero-order valence-electron chi connectivity index (χ0n) is 13.4. The molecule has 0 aliphatic carbocycles. The largest absolute Gasteiger partial charge is 0.496 e. The van der Waals surface area contributed by atoms with Crippen LogP contribution in [0.4, 0.5) is 0 Å². The van der Waals surface area contributed by atoms with Crippen LogP contribution in [0, 0.1) is 5.92 Å². The van der Waals surface area contributed by atoms with E-state index in [0.29, 0.717) is 5.92 Å². The fraction of sp³-hybridized carbons (Fsp3) is 0.588. The number of benzene rings is 1. The van der Waals surface area contributed by atoms with Gasteiger partial charge in [-0.15, -0.1) is 0 Å². The Bertz CT molecular complexity index is 489. The molecule has 0 bridgehead atoms. The Morgan fingerprint density at radius 2 is 2.05 bits per heavy atom. The molecule has 1 aromatic rings. The van der Waals surface area contributed by atoms with Crippen molar-refractivity contribution in [3.63, 3.8) is 0 Å². The van der Waals surface area contributed by atoms with E-state index in [0.717, 1.165) is 30.7 Å². The van der Waals surface area contributed by atoms with Gasteiger partial charge >= 0.3 is 0 Å². The van der Waals surface area contributed by atoms with Crippen LogP contribution in [0.15, 0.2) is 24.3 Å². The number of para-hydroxylation sites is 1. The van der Waals surface area contributed by atoms with Crippen LogP contribution >= 0.6 is 0 Å². The molecule has 1 aromatic carbocycles. The summed E-state index contributed by atoms with van der Waals surface area (Å²) in [6, 6.07) is 7.83. The van der Waals surface area contributed by atoms with Crippen molar-refractivity contribution in [1.29, 1.82) is 0 Å². The lowest BCUT2D eigenvalue weighted by molar-refractivity contribution is -0.130. The minimum atomic E-state index is -0.0935. The molecule has 1 saturated heterocycles. The average Bonchev–Trinajstić information content (AvgIpc) is 2.83. The van der Waals surface area contributed by atoms with Crippen LogP contribution in [0.3, 0.4) is 0 Å². The minimum Gasteiger partial charge on any atom is -0.496 e. The molecule has 0 spiro atoms. The SMILES string of the molecule is CCC(C)CN1C(=O)C(CC)NC1c1ccccc1OC. The van der Waals surface area contributed by atoms with Gasteiger partial charge in [-0.1, -0.05) is 45.4 Å². The first kappa shape index (κ1) is 15.8. The summed E-state index contributed by atoms with van der Waals surface area (Å²) in [4.78, 5) is 14.6. The Morgan fingerprint density at radius 3 is 2.67 bits per heavy atom. The highest BCUT2D eigenvalue weighted by atomic mass is 16.5. The number of rotatable bonds is 6. The summed E-state index contributed by atoms with van der Waals surface area (Å²) >= 11 is 0. The van der Waals surface area contributed by atoms with Gasteiger partial charge in [-0.3, -0.25) is 10.1 Å². The summed E-state index contributed by atoms with van der Waals surface area (Å²) in [7, 11) is 1.67. The van der Waals surface area contributed by atoms with Gasteiger partial charge in [0, 0.05) is 12.1 Å². The van der Waals surface area contributed by atoms with E-state index in [1.165, 1.54) is 0 Å². The van der Waals surface area contributed by atoms with Gasteiger partial charge in [0.15, 0.2) is 0 Å². The van der Waals surface area contributed by atoms with Crippen molar-refractivity contribution in [3.05, 3.63) is 29.8 Å². The first-order valence-electron chi connectivity index (χ1n) is 7.81. The maximum atomic E-state index is 12.6. The Hall–Kier alpha value is -1.55. The normalized spacial score (nSPS) is 23.4. The number of hydrogen-bond acceptors (Lipinski definition) is 3. The molecule has 1 fully saturated rings. The molecule has 0 radical (unpaired) electrons. The van der Waals surface area contributed by atoms with Crippen molar-refractivity contribution in [2.24, 2.45) is 5.92 Å². The van der Waals surface area contributed by atoms with Crippen molar-refractivity contribution in [2.75, 3.05) is 13.7 Å². The zero-order valence-corrected chi connectivity index (χ0v) is 13.4. The van der Waals surface area contributed by atoms with Crippen LogP contribution < -0.4 is 10.1 Å². The molecular formula is C17H26N2O2. The molecule has 21 heavy (non-hydrogen) atoms. The van der Waals surface area contributed by atoms with Crippen molar-refractivity contribution < 1.29 is 9.53 Å².